The first-order chi connectivity index (χ1) is 8.97. The summed E-state index contributed by atoms with van der Waals surface area (Å²) in [5.74, 6) is 0.536. The number of aryl methyl sites for hydroxylation is 2. The average Bonchev–Trinajstić information content (AvgIpc) is 2.36. The first kappa shape index (κ1) is 13.5. The molecule has 0 aliphatic rings. The highest BCUT2D eigenvalue weighted by Crippen LogP contribution is 2.28. The smallest absolute Gasteiger partial charge is 0.322 e. The van der Waals surface area contributed by atoms with E-state index in [4.69, 9.17) is 15.9 Å². The lowest BCUT2D eigenvalue weighted by atomic mass is 10.1. The molecule has 1 aromatic heterocycles. The van der Waals surface area contributed by atoms with Gasteiger partial charge in [-0.1, -0.05) is 15.9 Å². The quantitative estimate of drug-likeness (QED) is 0.672. The number of hydrogen-bond acceptors (Lipinski definition) is 4. The SMILES string of the molecule is Cc1cc(Oc2nccc(C(=N)N)n2)cc(C)c1Br. The van der Waals surface area contributed by atoms with Gasteiger partial charge in [0.05, 0.1) is 0 Å². The van der Waals surface area contributed by atoms with Crippen LogP contribution in [0.25, 0.3) is 0 Å². The highest BCUT2D eigenvalue weighted by molar-refractivity contribution is 9.10. The summed E-state index contributed by atoms with van der Waals surface area (Å²) in [5.41, 5.74) is 7.85. The third-order valence-corrected chi connectivity index (χ3v) is 3.78. The van der Waals surface area contributed by atoms with Gasteiger partial charge in [0.1, 0.15) is 17.3 Å². The van der Waals surface area contributed by atoms with E-state index in [1.54, 1.807) is 6.07 Å². The van der Waals surface area contributed by atoms with Crippen LogP contribution in [0.15, 0.2) is 28.9 Å². The number of nitrogen functional groups attached to an aromatic ring is 1. The van der Waals surface area contributed by atoms with Crippen molar-refractivity contribution in [2.45, 2.75) is 13.8 Å². The minimum atomic E-state index is -0.115. The predicted octanol–water partition coefficient (Wildman–Crippen LogP) is 2.93. The van der Waals surface area contributed by atoms with Gasteiger partial charge < -0.3 is 10.5 Å². The fraction of sp³-hybridized carbons (Fsp3) is 0.154. The van der Waals surface area contributed by atoms with Crippen LogP contribution < -0.4 is 10.5 Å². The van der Waals surface area contributed by atoms with Crippen molar-refractivity contribution in [3.63, 3.8) is 0 Å². The molecule has 0 saturated carbocycles. The second-order valence-corrected chi connectivity index (χ2v) is 4.90. The second-order valence-electron chi connectivity index (χ2n) is 4.11. The van der Waals surface area contributed by atoms with Crippen molar-refractivity contribution in [2.24, 2.45) is 5.73 Å². The standard InChI is InChI=1S/C13H13BrN4O/c1-7-5-9(6-8(2)11(7)14)19-13-17-4-3-10(18-13)12(15)16/h3-6H,1-2H3,(H3,15,16). The summed E-state index contributed by atoms with van der Waals surface area (Å²) in [4.78, 5) is 8.06. The Morgan fingerprint density at radius 2 is 1.95 bits per heavy atom. The van der Waals surface area contributed by atoms with Crippen molar-refractivity contribution in [2.75, 3.05) is 0 Å². The normalized spacial score (nSPS) is 10.3. The van der Waals surface area contributed by atoms with Crippen LogP contribution in [0.1, 0.15) is 16.8 Å². The van der Waals surface area contributed by atoms with Crippen molar-refractivity contribution in [3.05, 3.63) is 45.7 Å². The number of hydrogen-bond donors (Lipinski definition) is 2. The Bertz CT molecular complexity index is 619. The molecule has 0 amide bonds. The van der Waals surface area contributed by atoms with Gasteiger partial charge in [-0.15, -0.1) is 0 Å². The minimum Gasteiger partial charge on any atom is -0.424 e. The van der Waals surface area contributed by atoms with E-state index in [-0.39, 0.29) is 11.8 Å². The third-order valence-electron chi connectivity index (χ3n) is 2.53. The van der Waals surface area contributed by atoms with E-state index in [0.717, 1.165) is 15.6 Å². The van der Waals surface area contributed by atoms with Gasteiger partial charge in [0.2, 0.25) is 0 Å². The van der Waals surface area contributed by atoms with Crippen molar-refractivity contribution >= 4 is 21.8 Å². The molecule has 0 atom stereocenters. The maximum atomic E-state index is 7.33. The van der Waals surface area contributed by atoms with Crippen molar-refractivity contribution in [3.8, 4) is 11.8 Å². The lowest BCUT2D eigenvalue weighted by Gasteiger charge is -2.08. The highest BCUT2D eigenvalue weighted by atomic mass is 79.9. The Kier molecular flexibility index (Phi) is 3.80. The zero-order valence-electron chi connectivity index (χ0n) is 10.6. The number of rotatable bonds is 3. The molecule has 0 saturated heterocycles. The van der Waals surface area contributed by atoms with Crippen molar-refractivity contribution in [1.29, 1.82) is 5.41 Å². The molecule has 2 aromatic rings. The number of aromatic nitrogens is 2. The molecule has 3 N–H and O–H groups in total. The number of benzene rings is 1. The molecular weight excluding hydrogens is 308 g/mol. The summed E-state index contributed by atoms with van der Waals surface area (Å²) in [5, 5.41) is 7.33. The summed E-state index contributed by atoms with van der Waals surface area (Å²) in [6.07, 6.45) is 1.51. The van der Waals surface area contributed by atoms with Crippen LogP contribution >= 0.6 is 15.9 Å². The van der Waals surface area contributed by atoms with Crippen LogP contribution in [0.5, 0.6) is 11.8 Å². The summed E-state index contributed by atoms with van der Waals surface area (Å²) in [7, 11) is 0. The predicted molar refractivity (Wildman–Crippen MR) is 76.7 cm³/mol. The molecule has 5 nitrogen and oxygen atoms in total. The Morgan fingerprint density at radius 1 is 1.32 bits per heavy atom. The van der Waals surface area contributed by atoms with Gasteiger partial charge in [0.15, 0.2) is 0 Å². The van der Waals surface area contributed by atoms with Gasteiger partial charge in [-0.3, -0.25) is 5.41 Å². The molecule has 0 aliphatic carbocycles. The topological polar surface area (TPSA) is 84.9 Å². The van der Waals surface area contributed by atoms with Gasteiger partial charge in [0, 0.05) is 10.7 Å². The lowest BCUT2D eigenvalue weighted by Crippen LogP contribution is -2.13. The number of nitrogens with one attached hydrogen (secondary N) is 1. The molecule has 1 aromatic carbocycles. The number of ether oxygens (including phenoxy) is 1. The molecule has 98 valence electrons. The van der Waals surface area contributed by atoms with Crippen LogP contribution in [0, 0.1) is 19.3 Å². The number of halogens is 1. The van der Waals surface area contributed by atoms with E-state index in [1.807, 2.05) is 26.0 Å². The molecule has 0 bridgehead atoms. The van der Waals surface area contributed by atoms with Crippen LogP contribution in [0.4, 0.5) is 0 Å². The Hall–Kier alpha value is -1.95. The molecule has 0 aliphatic heterocycles. The van der Waals surface area contributed by atoms with Crippen LogP contribution in [0.3, 0.4) is 0 Å². The van der Waals surface area contributed by atoms with Crippen molar-refractivity contribution < 1.29 is 4.74 Å². The molecule has 0 fully saturated rings. The molecule has 6 heteroatoms. The largest absolute Gasteiger partial charge is 0.424 e. The molecule has 1 heterocycles. The molecular formula is C13H13BrN4O. The van der Waals surface area contributed by atoms with E-state index in [1.165, 1.54) is 6.20 Å². The van der Waals surface area contributed by atoms with E-state index in [9.17, 15) is 0 Å². The maximum Gasteiger partial charge on any atom is 0.322 e. The van der Waals surface area contributed by atoms with Gasteiger partial charge >= 0.3 is 6.01 Å². The first-order valence-corrected chi connectivity index (χ1v) is 6.38. The van der Waals surface area contributed by atoms with Gasteiger partial charge in [0.25, 0.3) is 0 Å². The second kappa shape index (κ2) is 5.36. The highest BCUT2D eigenvalue weighted by Gasteiger charge is 2.07. The fourth-order valence-electron chi connectivity index (χ4n) is 1.61. The zero-order valence-corrected chi connectivity index (χ0v) is 12.2. The summed E-state index contributed by atoms with van der Waals surface area (Å²) in [6, 6.07) is 5.52. The van der Waals surface area contributed by atoms with Gasteiger partial charge in [-0.25, -0.2) is 4.98 Å². The molecule has 0 radical (unpaired) electrons. The van der Waals surface area contributed by atoms with Crippen LogP contribution in [0.2, 0.25) is 0 Å². The van der Waals surface area contributed by atoms with Crippen LogP contribution in [-0.4, -0.2) is 15.8 Å². The third kappa shape index (κ3) is 3.08. The first-order valence-electron chi connectivity index (χ1n) is 5.59. The maximum absolute atomic E-state index is 7.33. The van der Waals surface area contributed by atoms with E-state index in [2.05, 4.69) is 25.9 Å². The number of amidine groups is 1. The summed E-state index contributed by atoms with van der Waals surface area (Å²) < 4.78 is 6.64. The Morgan fingerprint density at radius 3 is 2.53 bits per heavy atom. The summed E-state index contributed by atoms with van der Waals surface area (Å²) in [6.45, 7) is 3.97. The number of nitrogens with zero attached hydrogens (tertiary/aromatic N) is 2. The van der Waals surface area contributed by atoms with E-state index in [0.29, 0.717) is 11.4 Å². The Labute approximate surface area is 119 Å². The Balaban J connectivity index is 2.31. The number of nitrogens with two attached hydrogens (primary N) is 1. The molecule has 0 unspecified atom stereocenters. The zero-order chi connectivity index (χ0) is 14.0. The molecule has 0 spiro atoms. The molecule has 2 rings (SSSR count). The monoisotopic (exact) mass is 320 g/mol. The van der Waals surface area contributed by atoms with Gasteiger partial charge in [-0.05, 0) is 43.2 Å². The minimum absolute atomic E-state index is 0.115. The van der Waals surface area contributed by atoms with Crippen molar-refractivity contribution in [1.82, 2.24) is 9.97 Å². The van der Waals surface area contributed by atoms with E-state index < -0.39 is 0 Å². The van der Waals surface area contributed by atoms with E-state index >= 15 is 0 Å². The van der Waals surface area contributed by atoms with Crippen LogP contribution in [-0.2, 0) is 0 Å². The van der Waals surface area contributed by atoms with Gasteiger partial charge in [-0.2, -0.15) is 4.98 Å². The summed E-state index contributed by atoms with van der Waals surface area (Å²) >= 11 is 3.50. The average molecular weight is 321 g/mol. The fourth-order valence-corrected chi connectivity index (χ4v) is 1.84. The lowest BCUT2D eigenvalue weighted by molar-refractivity contribution is 0.440. The molecule has 19 heavy (non-hydrogen) atoms.